The van der Waals surface area contributed by atoms with Crippen molar-refractivity contribution in [2.24, 2.45) is 0 Å². The number of benzene rings is 3. The quantitative estimate of drug-likeness (QED) is 0.178. The number of rotatable bonds is 10. The maximum Gasteiger partial charge on any atom is 0.265 e. The Morgan fingerprint density at radius 1 is 1.02 bits per heavy atom. The Labute approximate surface area is 296 Å². The highest BCUT2D eigenvalue weighted by Gasteiger charge is 2.44. The number of aryl methyl sites for hydroxylation is 1. The number of piperidine rings is 2. The number of carbonyl (C=O) groups is 1. The van der Waals surface area contributed by atoms with E-state index in [1.54, 1.807) is 24.0 Å². The van der Waals surface area contributed by atoms with Gasteiger partial charge in [-0.2, -0.15) is 0 Å². The van der Waals surface area contributed by atoms with Crippen LogP contribution in [0.1, 0.15) is 79.7 Å². The Bertz CT molecular complexity index is 2000. The zero-order valence-electron chi connectivity index (χ0n) is 28.2. The summed E-state index contributed by atoms with van der Waals surface area (Å²) in [6.07, 6.45) is 6.41. The first-order valence-corrected chi connectivity index (χ1v) is 19.2. The zero-order chi connectivity index (χ0) is 35.2. The van der Waals surface area contributed by atoms with Crippen LogP contribution in [0.4, 0.5) is 8.78 Å². The average Bonchev–Trinajstić information content (AvgIpc) is 3.56. The van der Waals surface area contributed by atoms with Crippen molar-refractivity contribution in [3.8, 4) is 0 Å². The molecule has 1 aromatic heterocycles. The predicted molar refractivity (Wildman–Crippen MR) is 187 cm³/mol. The standard InChI is InChI=1S/C37H42ClF2N5O4S/c1-3-49-42-50(47,48)35-22-30(31(38)23-32(35)40)36(46)43-16-13-37(14-17-43,25-7-6-8-26(39)19-25)15-18-44-27-11-12-28(44)21-29(20-27)45-24(2)41-33-9-4-5-10-34(33)45/h4-10,19,22-23,27-29,42H,3,11-18,20-21H2,1-2H3/t27-,28+,29?. The van der Waals surface area contributed by atoms with Crippen LogP contribution >= 0.6 is 11.6 Å². The van der Waals surface area contributed by atoms with Crippen LogP contribution in [-0.4, -0.2) is 72.0 Å². The summed E-state index contributed by atoms with van der Waals surface area (Å²) in [5.41, 5.74) is 2.67. The van der Waals surface area contributed by atoms with Crippen LogP contribution in [0, 0.1) is 18.6 Å². The third-order valence-electron chi connectivity index (χ3n) is 11.1. The van der Waals surface area contributed by atoms with Crippen molar-refractivity contribution >= 4 is 38.6 Å². The molecule has 3 aliphatic heterocycles. The highest BCUT2D eigenvalue weighted by atomic mass is 35.5. The van der Waals surface area contributed by atoms with Crippen molar-refractivity contribution in [2.75, 3.05) is 26.2 Å². The summed E-state index contributed by atoms with van der Waals surface area (Å²) in [4.78, 5) is 28.8. The monoisotopic (exact) mass is 725 g/mol. The molecule has 3 saturated heterocycles. The lowest BCUT2D eigenvalue weighted by molar-refractivity contribution is 0.0606. The molecule has 50 heavy (non-hydrogen) atoms. The molecule has 1 unspecified atom stereocenters. The minimum absolute atomic E-state index is 0.0310. The van der Waals surface area contributed by atoms with Gasteiger partial charge in [-0.05, 0) is 113 Å². The molecule has 0 spiro atoms. The summed E-state index contributed by atoms with van der Waals surface area (Å²) in [6.45, 7) is 5.28. The van der Waals surface area contributed by atoms with Crippen LogP contribution in [-0.2, 0) is 20.3 Å². The highest BCUT2D eigenvalue weighted by Crippen LogP contribution is 2.45. The summed E-state index contributed by atoms with van der Waals surface area (Å²) in [7, 11) is -4.39. The highest BCUT2D eigenvalue weighted by molar-refractivity contribution is 7.89. The van der Waals surface area contributed by atoms with Gasteiger partial charge in [0.15, 0.2) is 0 Å². The largest absolute Gasteiger partial charge is 0.339 e. The Kier molecular flexibility index (Phi) is 9.77. The van der Waals surface area contributed by atoms with Crippen LogP contribution in [0.3, 0.4) is 0 Å². The third kappa shape index (κ3) is 6.56. The van der Waals surface area contributed by atoms with Crippen molar-refractivity contribution in [3.63, 3.8) is 0 Å². The number of amides is 1. The predicted octanol–water partition coefficient (Wildman–Crippen LogP) is 6.94. The fourth-order valence-electron chi connectivity index (χ4n) is 8.68. The number of likely N-dealkylation sites (tertiary alicyclic amines) is 1. The molecule has 1 amide bonds. The van der Waals surface area contributed by atoms with Gasteiger partial charge in [-0.3, -0.25) is 14.5 Å². The molecule has 3 aromatic carbocycles. The summed E-state index contributed by atoms with van der Waals surface area (Å²) >= 11 is 6.30. The summed E-state index contributed by atoms with van der Waals surface area (Å²) in [6, 6.07) is 18.2. The molecule has 1 N–H and O–H groups in total. The third-order valence-corrected chi connectivity index (χ3v) is 12.7. The van der Waals surface area contributed by atoms with E-state index in [1.165, 1.54) is 11.6 Å². The molecule has 266 valence electrons. The van der Waals surface area contributed by atoms with E-state index in [9.17, 15) is 22.0 Å². The van der Waals surface area contributed by atoms with E-state index >= 15 is 0 Å². The lowest BCUT2D eigenvalue weighted by Gasteiger charge is -2.45. The van der Waals surface area contributed by atoms with Gasteiger partial charge in [-0.25, -0.2) is 22.2 Å². The van der Waals surface area contributed by atoms with Gasteiger partial charge in [0.1, 0.15) is 22.4 Å². The van der Waals surface area contributed by atoms with Crippen molar-refractivity contribution in [2.45, 2.75) is 87.2 Å². The van der Waals surface area contributed by atoms with Crippen LogP contribution in [0.15, 0.2) is 65.6 Å². The van der Waals surface area contributed by atoms with Crippen LogP contribution in [0.25, 0.3) is 11.0 Å². The molecule has 9 nitrogen and oxygen atoms in total. The van der Waals surface area contributed by atoms with Crippen LogP contribution in [0.5, 0.6) is 0 Å². The van der Waals surface area contributed by atoms with Gasteiger partial charge >= 0.3 is 0 Å². The number of sulfonamides is 1. The lowest BCUT2D eigenvalue weighted by atomic mass is 9.70. The minimum Gasteiger partial charge on any atom is -0.339 e. The Hall–Kier alpha value is -3.42. The van der Waals surface area contributed by atoms with Gasteiger partial charge < -0.3 is 9.47 Å². The first-order valence-electron chi connectivity index (χ1n) is 17.4. The van der Waals surface area contributed by atoms with E-state index in [4.69, 9.17) is 21.4 Å². The number of aromatic nitrogens is 2. The van der Waals surface area contributed by atoms with Crippen molar-refractivity contribution in [1.82, 2.24) is 24.2 Å². The van der Waals surface area contributed by atoms with Crippen molar-refractivity contribution < 1.29 is 26.8 Å². The second-order valence-electron chi connectivity index (χ2n) is 13.9. The Morgan fingerprint density at radius 2 is 1.74 bits per heavy atom. The number of nitrogens with zero attached hydrogens (tertiary/aromatic N) is 4. The minimum atomic E-state index is -4.39. The normalized spacial score (nSPS) is 22.3. The SMILES string of the molecule is CCONS(=O)(=O)c1cc(C(=O)N2CCC(CCN3[C@@H]4CC[C@H]3CC(n3c(C)nc5ccccc53)C4)(c3cccc(F)c3)CC2)c(Cl)cc1F. The number of imidazole rings is 1. The van der Waals surface area contributed by atoms with Gasteiger partial charge in [0.2, 0.25) is 0 Å². The zero-order valence-corrected chi connectivity index (χ0v) is 29.8. The molecule has 3 atom stereocenters. The maximum atomic E-state index is 14.7. The fraction of sp³-hybridized carbons (Fsp3) is 0.459. The molecule has 7 rings (SSSR count). The molecule has 2 bridgehead atoms. The van der Waals surface area contributed by atoms with Gasteiger partial charge in [0.25, 0.3) is 15.9 Å². The van der Waals surface area contributed by atoms with E-state index in [1.807, 2.05) is 17.0 Å². The van der Waals surface area contributed by atoms with Crippen molar-refractivity contribution in [1.29, 1.82) is 0 Å². The number of fused-ring (bicyclic) bond motifs is 3. The van der Waals surface area contributed by atoms with Crippen LogP contribution < -0.4 is 4.89 Å². The van der Waals surface area contributed by atoms with Crippen LogP contribution in [0.2, 0.25) is 5.02 Å². The van der Waals surface area contributed by atoms with Gasteiger partial charge in [-0.1, -0.05) is 40.8 Å². The molecule has 4 aromatic rings. The molecule has 13 heteroatoms. The lowest BCUT2D eigenvalue weighted by Crippen LogP contribution is -2.49. The average molecular weight is 726 g/mol. The number of hydrogen-bond donors (Lipinski definition) is 1. The molecule has 4 heterocycles. The van der Waals surface area contributed by atoms with E-state index in [0.29, 0.717) is 44.1 Å². The van der Waals surface area contributed by atoms with Crippen molar-refractivity contribution in [3.05, 3.63) is 94.3 Å². The molecular formula is C37H42ClF2N5O4S. The first-order chi connectivity index (χ1) is 24.0. The second-order valence-corrected chi connectivity index (χ2v) is 15.9. The number of carbonyl (C=O) groups excluding carboxylic acids is 1. The van der Waals surface area contributed by atoms with Gasteiger partial charge in [-0.15, -0.1) is 0 Å². The Morgan fingerprint density at radius 3 is 2.44 bits per heavy atom. The fourth-order valence-corrected chi connectivity index (χ4v) is 9.86. The van der Waals surface area contributed by atoms with E-state index in [2.05, 4.69) is 34.6 Å². The molecule has 3 fully saturated rings. The van der Waals surface area contributed by atoms with E-state index in [0.717, 1.165) is 67.7 Å². The summed E-state index contributed by atoms with van der Waals surface area (Å²) in [5.74, 6) is -0.818. The molecule has 0 radical (unpaired) electrons. The number of hydrogen-bond acceptors (Lipinski definition) is 6. The molecule has 0 saturated carbocycles. The number of halogens is 3. The molecule has 3 aliphatic rings. The Balaban J connectivity index is 1.08. The summed E-state index contributed by atoms with van der Waals surface area (Å²) < 4.78 is 57.1. The van der Waals surface area contributed by atoms with Gasteiger partial charge in [0, 0.05) is 31.2 Å². The topological polar surface area (TPSA) is 96.8 Å². The van der Waals surface area contributed by atoms with Gasteiger partial charge in [0.05, 0.1) is 28.2 Å². The number of para-hydroxylation sites is 2. The summed E-state index contributed by atoms with van der Waals surface area (Å²) in [5, 5.41) is -0.178. The van der Waals surface area contributed by atoms with E-state index < -0.39 is 26.6 Å². The first kappa shape index (κ1) is 35.0. The number of nitrogens with one attached hydrogen (secondary N) is 1. The maximum absolute atomic E-state index is 14.7. The van der Waals surface area contributed by atoms with E-state index in [-0.39, 0.29) is 28.4 Å². The smallest absolute Gasteiger partial charge is 0.265 e. The second kappa shape index (κ2) is 14.0. The molecular weight excluding hydrogens is 684 g/mol. The molecule has 0 aliphatic carbocycles.